The number of carbonyl (C=O) groups is 5. The lowest BCUT2D eigenvalue weighted by molar-refractivity contribution is 0.0847. The molecular formula is C101H149N25O7S. The highest BCUT2D eigenvalue weighted by atomic mass is 32.2. The molecule has 7 saturated carbocycles. The number of hydrogen-bond acceptors (Lipinski definition) is 26. The van der Waals surface area contributed by atoms with Crippen LogP contribution >= 0.6 is 0 Å². The summed E-state index contributed by atoms with van der Waals surface area (Å²) in [5.41, 5.74) is 8.57. The molecule has 15 heterocycles. The van der Waals surface area contributed by atoms with Gasteiger partial charge in [0.2, 0.25) is 39.8 Å². The van der Waals surface area contributed by atoms with Crippen molar-refractivity contribution in [1.82, 2.24) is 98.7 Å². The number of aromatic nitrogens is 15. The molecule has 0 unspecified atom stereocenters. The molecule has 33 heteroatoms. The van der Waals surface area contributed by atoms with Gasteiger partial charge in [-0.05, 0) is 245 Å². The van der Waals surface area contributed by atoms with E-state index in [0.29, 0.717) is 110 Å². The van der Waals surface area contributed by atoms with Gasteiger partial charge < -0.3 is 70.7 Å². The number of hydrogen-bond donors (Lipinski definition) is 10. The third-order valence-corrected chi connectivity index (χ3v) is 31.0. The van der Waals surface area contributed by atoms with Crippen LogP contribution in [0.15, 0.2) is 61.3 Å². The first-order chi connectivity index (χ1) is 65.2. The molecule has 22 rings (SSSR count). The number of sulfonamides is 1. The lowest BCUT2D eigenvalue weighted by Gasteiger charge is -2.42. The molecule has 5 aliphatic heterocycles. The maximum absolute atomic E-state index is 12.7. The number of nitrogens with one attached hydrogen (secondary N) is 10. The second-order valence-electron chi connectivity index (χ2n) is 38.6. The van der Waals surface area contributed by atoms with Gasteiger partial charge in [-0.3, -0.25) is 24.0 Å². The van der Waals surface area contributed by atoms with Gasteiger partial charge in [-0.1, -0.05) is 80.1 Å². The summed E-state index contributed by atoms with van der Waals surface area (Å²) in [4.78, 5) is 108. The maximum atomic E-state index is 12.7. The molecule has 726 valence electrons. The number of anilines is 5. The Balaban J connectivity index is 0.000000126. The highest BCUT2D eigenvalue weighted by Gasteiger charge is 2.44. The Morgan fingerprint density at radius 1 is 0.284 bits per heavy atom. The molecule has 0 atom stereocenters. The van der Waals surface area contributed by atoms with Crippen molar-refractivity contribution in [1.29, 1.82) is 0 Å². The summed E-state index contributed by atoms with van der Waals surface area (Å²) in [6, 6.07) is 14.3. The van der Waals surface area contributed by atoms with Gasteiger partial charge in [-0.15, -0.1) is 0 Å². The van der Waals surface area contributed by atoms with Crippen molar-refractivity contribution < 1.29 is 32.4 Å². The highest BCUT2D eigenvalue weighted by molar-refractivity contribution is 7.88. The van der Waals surface area contributed by atoms with Crippen molar-refractivity contribution in [3.8, 4) is 0 Å². The van der Waals surface area contributed by atoms with Crippen LogP contribution in [0.3, 0.4) is 0 Å². The summed E-state index contributed by atoms with van der Waals surface area (Å²) in [5.74, 6) is 4.48. The molecule has 0 bridgehead atoms. The molecule has 7 aliphatic carbocycles. The van der Waals surface area contributed by atoms with Crippen molar-refractivity contribution in [3.63, 3.8) is 0 Å². The highest BCUT2D eigenvalue weighted by Crippen LogP contribution is 2.48. The van der Waals surface area contributed by atoms with E-state index in [2.05, 4.69) is 102 Å². The number of fused-ring (bicyclic) bond motifs is 17. The van der Waals surface area contributed by atoms with E-state index in [1.807, 2.05) is 145 Å². The van der Waals surface area contributed by atoms with E-state index in [4.69, 9.17) is 9.97 Å². The molecule has 10 aromatic rings. The van der Waals surface area contributed by atoms with Gasteiger partial charge in [-0.25, -0.2) is 38.1 Å². The summed E-state index contributed by atoms with van der Waals surface area (Å²) >= 11 is 0. The number of carbonyl (C=O) groups excluding carboxylic acids is 5. The van der Waals surface area contributed by atoms with Crippen LogP contribution in [0.2, 0.25) is 0 Å². The van der Waals surface area contributed by atoms with Crippen LogP contribution < -0.4 is 52.6 Å². The van der Waals surface area contributed by atoms with E-state index in [1.54, 1.807) is 0 Å². The zero-order chi connectivity index (χ0) is 94.2. The van der Waals surface area contributed by atoms with Gasteiger partial charge in [-0.2, -0.15) is 24.9 Å². The first-order valence-corrected chi connectivity index (χ1v) is 53.2. The summed E-state index contributed by atoms with van der Waals surface area (Å²) in [6.45, 7) is 14.6. The number of Topliss-reactive ketones (excluding diaryl/α,β-unsaturated/α-hetero) is 5. The van der Waals surface area contributed by atoms with Crippen molar-refractivity contribution in [2.75, 3.05) is 61.0 Å². The Kier molecular flexibility index (Phi) is 33.5. The van der Waals surface area contributed by atoms with Crippen LogP contribution in [0, 0.1) is 0 Å². The van der Waals surface area contributed by atoms with Crippen LogP contribution in [0.25, 0.3) is 55.2 Å². The summed E-state index contributed by atoms with van der Waals surface area (Å²) in [6.07, 6.45) is 52.2. The molecule has 10 aromatic heterocycles. The number of aryl methyl sites for hydroxylation is 3. The minimum absolute atomic E-state index is 0.00580. The van der Waals surface area contributed by atoms with Crippen molar-refractivity contribution in [3.05, 3.63) is 89.8 Å². The lowest BCUT2D eigenvalue weighted by Crippen LogP contribution is -2.41. The van der Waals surface area contributed by atoms with Gasteiger partial charge in [0.1, 0.15) is 28.2 Å². The predicted molar refractivity (Wildman–Crippen MR) is 534 cm³/mol. The fourth-order valence-corrected chi connectivity index (χ4v) is 23.8. The number of ketones is 5. The molecule has 32 nitrogen and oxygen atoms in total. The first kappa shape index (κ1) is 98.7. The SMILES string of the molecule is CC.CC.CC.CNC1CCC(Nc2ncc3cc4n(c3n2)C2(CCCCC2)CCC4=O)CC1.CNC1CCC(Nc2ncc3cc4n(c3n2)CCCC4=O)CC1.CNC1CCC(Nc2ncc3cc4n(c3n2)CCCC4=O)CC1.CNC1CCC(Nc2ncc3cc4n(c3n2)CCCC4=O)CC1.CS(=O)(=O)NC1CCC(Nc2ncc3cc4n(c3n2)C2(CCCCC2)CCC4=O)CC1. The van der Waals surface area contributed by atoms with Crippen LogP contribution in [0.5, 0.6) is 0 Å². The van der Waals surface area contributed by atoms with Crippen molar-refractivity contribution >= 4 is 124 Å². The smallest absolute Gasteiger partial charge is 0.224 e. The number of rotatable bonds is 16. The summed E-state index contributed by atoms with van der Waals surface area (Å²) in [5, 5.41) is 35.7. The van der Waals surface area contributed by atoms with Gasteiger partial charge >= 0.3 is 0 Å². The standard InChI is InChI=1S/C22H31N5O3S.C22H31N5O.3C17H23N5O.3C2H6/c1-31(29,30)26-17-7-5-16(6-8-17)24-21-23-14-15-13-18-19(28)9-12-22(10-3-2-4-11-22)27(18)20(15)25-21;1-23-16-5-7-17(8-6-16)25-21-24-14-15-13-18-19(28)9-12-22(10-3-2-4-11-22)27(18)20(15)26-21;3*1-18-12-4-6-13(7-5-12)20-17-19-10-11-9-14-15(23)3-2-8-22(14)16(11)21-17;3*1-2/h13-14,16-17,26H,2-12H2,1H3,(H,23,24,25);13-14,16-17,23H,2-12H2,1H3,(H,24,25,26);3*9-10,12-13,18H,2-8H2,1H3,(H,19,20,21);3*1-2H3. The Morgan fingerprint density at radius 2 is 0.507 bits per heavy atom. The topological polar surface area (TPSA) is 393 Å². The molecule has 0 saturated heterocycles. The van der Waals surface area contributed by atoms with E-state index in [9.17, 15) is 32.4 Å². The average Bonchev–Trinajstić information content (AvgIpc) is 1.37. The lowest BCUT2D eigenvalue weighted by atomic mass is 9.75. The monoisotopic (exact) mass is 1860 g/mol. The van der Waals surface area contributed by atoms with Gasteiger partial charge in [0.25, 0.3) is 0 Å². The number of nitrogens with zero attached hydrogens (tertiary/aromatic N) is 15. The third-order valence-electron chi connectivity index (χ3n) is 30.2. The molecule has 0 amide bonds. The van der Waals surface area contributed by atoms with Crippen LogP contribution in [-0.2, 0) is 40.7 Å². The minimum Gasteiger partial charge on any atom is -0.351 e. The van der Waals surface area contributed by atoms with Gasteiger partial charge in [0.05, 0.1) is 34.7 Å². The molecule has 10 N–H and O–H groups in total. The zero-order valence-electron chi connectivity index (χ0n) is 81.4. The van der Waals surface area contributed by atoms with E-state index >= 15 is 0 Å². The summed E-state index contributed by atoms with van der Waals surface area (Å²) < 4.78 is 36.3. The van der Waals surface area contributed by atoms with Crippen LogP contribution in [0.4, 0.5) is 29.7 Å². The average molecular weight is 1860 g/mol. The van der Waals surface area contributed by atoms with Crippen LogP contribution in [-0.4, -0.2) is 205 Å². The molecule has 0 aromatic carbocycles. The van der Waals surface area contributed by atoms with Gasteiger partial charge in [0, 0.05) is 181 Å². The summed E-state index contributed by atoms with van der Waals surface area (Å²) in [7, 11) is 4.98. The third kappa shape index (κ3) is 22.9. The maximum Gasteiger partial charge on any atom is 0.224 e. The first-order valence-electron chi connectivity index (χ1n) is 51.3. The van der Waals surface area contributed by atoms with Crippen molar-refractivity contribution in [2.45, 2.75) is 390 Å². The Hall–Kier alpha value is -9.80. The van der Waals surface area contributed by atoms with Crippen molar-refractivity contribution in [2.24, 2.45) is 0 Å². The van der Waals surface area contributed by atoms with E-state index in [1.165, 1.54) is 96.1 Å². The van der Waals surface area contributed by atoms with E-state index < -0.39 is 10.0 Å². The Labute approximate surface area is 790 Å². The minimum atomic E-state index is -3.17. The molecular weight excluding hydrogens is 1710 g/mol. The Bertz CT molecular complexity index is 5480. The molecule has 0 radical (unpaired) electrons. The molecule has 12 aliphatic rings. The Morgan fingerprint density at radius 3 is 0.761 bits per heavy atom. The normalized spacial score (nSPS) is 24.5. The second kappa shape index (κ2) is 45.4. The van der Waals surface area contributed by atoms with E-state index in [0.717, 1.165) is 238 Å². The molecule has 7 fully saturated rings. The largest absolute Gasteiger partial charge is 0.351 e. The quantitative estimate of drug-likeness (QED) is 0.0429. The fourth-order valence-electron chi connectivity index (χ4n) is 23.0. The molecule has 2 spiro atoms. The van der Waals surface area contributed by atoms with Crippen LogP contribution in [0.1, 0.15) is 351 Å². The predicted octanol–water partition coefficient (Wildman–Crippen LogP) is 17.5. The van der Waals surface area contributed by atoms with Gasteiger partial charge in [0.15, 0.2) is 28.9 Å². The molecule has 134 heavy (non-hydrogen) atoms. The second-order valence-corrected chi connectivity index (χ2v) is 40.4. The fraction of sp³-hybridized carbons (Fsp3) is 0.653. The van der Waals surface area contributed by atoms with E-state index in [-0.39, 0.29) is 52.1 Å². The zero-order valence-corrected chi connectivity index (χ0v) is 82.2.